The highest BCUT2D eigenvalue weighted by molar-refractivity contribution is 5.93. The summed E-state index contributed by atoms with van der Waals surface area (Å²) in [7, 11) is 1.81. The summed E-state index contributed by atoms with van der Waals surface area (Å²) >= 11 is 0. The number of nitrogens with one attached hydrogen (secondary N) is 1. The van der Waals surface area contributed by atoms with Crippen LogP contribution in [0.4, 0.5) is 5.69 Å². The first-order valence-corrected chi connectivity index (χ1v) is 7.64. The molecule has 5 heteroatoms. The van der Waals surface area contributed by atoms with Gasteiger partial charge in [-0.05, 0) is 51.9 Å². The normalized spacial score (nSPS) is 12.7. The first-order valence-electron chi connectivity index (χ1n) is 7.64. The molecule has 0 aliphatic carbocycles. The van der Waals surface area contributed by atoms with Crippen molar-refractivity contribution < 1.29 is 14.6 Å². The molecular formula is C17H28N2O3. The standard InChI is InChI=1S/C17H28N2O3/c1-12(2)22-11-15(20)9-19(5)10-17(21)18-16-8-6-7-13(3)14(16)4/h6-8,12,15,20H,9-11H2,1-5H3,(H,18,21). The van der Waals surface area contributed by atoms with Gasteiger partial charge in [0.15, 0.2) is 0 Å². The second-order valence-corrected chi connectivity index (χ2v) is 6.03. The monoisotopic (exact) mass is 308 g/mol. The van der Waals surface area contributed by atoms with Gasteiger partial charge in [0, 0.05) is 12.2 Å². The molecule has 0 aliphatic heterocycles. The van der Waals surface area contributed by atoms with Crippen LogP contribution < -0.4 is 5.32 Å². The van der Waals surface area contributed by atoms with Crippen molar-refractivity contribution in [1.82, 2.24) is 4.90 Å². The number of aryl methyl sites for hydroxylation is 1. The molecule has 0 spiro atoms. The Bertz CT molecular complexity index is 489. The van der Waals surface area contributed by atoms with Crippen LogP contribution in [0.5, 0.6) is 0 Å². The quantitative estimate of drug-likeness (QED) is 0.771. The molecule has 1 unspecified atom stereocenters. The smallest absolute Gasteiger partial charge is 0.238 e. The van der Waals surface area contributed by atoms with Crippen molar-refractivity contribution in [2.45, 2.75) is 39.9 Å². The highest BCUT2D eigenvalue weighted by atomic mass is 16.5. The number of rotatable bonds is 8. The fraction of sp³-hybridized carbons (Fsp3) is 0.588. The van der Waals surface area contributed by atoms with Crippen molar-refractivity contribution in [3.63, 3.8) is 0 Å². The van der Waals surface area contributed by atoms with E-state index in [0.29, 0.717) is 6.54 Å². The summed E-state index contributed by atoms with van der Waals surface area (Å²) in [6, 6.07) is 5.84. The molecule has 1 rings (SSSR count). The molecule has 0 aromatic heterocycles. The van der Waals surface area contributed by atoms with Crippen molar-refractivity contribution in [1.29, 1.82) is 0 Å². The second-order valence-electron chi connectivity index (χ2n) is 6.03. The Morgan fingerprint density at radius 3 is 2.68 bits per heavy atom. The Morgan fingerprint density at radius 2 is 2.05 bits per heavy atom. The third kappa shape index (κ3) is 6.56. The number of carbonyl (C=O) groups is 1. The predicted octanol–water partition coefficient (Wildman–Crippen LogP) is 1.96. The first-order chi connectivity index (χ1) is 10.3. The van der Waals surface area contributed by atoms with E-state index >= 15 is 0 Å². The highest BCUT2D eigenvalue weighted by Crippen LogP contribution is 2.17. The molecule has 0 saturated heterocycles. The molecule has 0 heterocycles. The van der Waals surface area contributed by atoms with Crippen molar-refractivity contribution in [3.05, 3.63) is 29.3 Å². The van der Waals surface area contributed by atoms with Gasteiger partial charge in [-0.25, -0.2) is 0 Å². The Kier molecular flexibility index (Phi) is 7.51. The van der Waals surface area contributed by atoms with E-state index in [1.165, 1.54) is 0 Å². The zero-order chi connectivity index (χ0) is 16.7. The Labute approximate surface area is 133 Å². The molecule has 0 bridgehead atoms. The van der Waals surface area contributed by atoms with Gasteiger partial charge in [0.05, 0.1) is 25.4 Å². The van der Waals surface area contributed by atoms with Crippen LogP contribution in [0.25, 0.3) is 0 Å². The van der Waals surface area contributed by atoms with Crippen molar-refractivity contribution >= 4 is 11.6 Å². The van der Waals surface area contributed by atoms with Crippen LogP contribution >= 0.6 is 0 Å². The molecule has 1 atom stereocenters. The van der Waals surface area contributed by atoms with Gasteiger partial charge >= 0.3 is 0 Å². The summed E-state index contributed by atoms with van der Waals surface area (Å²) in [5.41, 5.74) is 3.05. The average molecular weight is 308 g/mol. The van der Waals surface area contributed by atoms with Crippen LogP contribution in [0.2, 0.25) is 0 Å². The summed E-state index contributed by atoms with van der Waals surface area (Å²) in [5.74, 6) is -0.0897. The minimum atomic E-state index is -0.596. The number of aliphatic hydroxyl groups excluding tert-OH is 1. The van der Waals surface area contributed by atoms with Gasteiger partial charge in [0.25, 0.3) is 0 Å². The zero-order valence-corrected chi connectivity index (χ0v) is 14.2. The van der Waals surface area contributed by atoms with Crippen molar-refractivity contribution in [2.24, 2.45) is 0 Å². The van der Waals surface area contributed by atoms with Crippen LogP contribution in [0, 0.1) is 13.8 Å². The lowest BCUT2D eigenvalue weighted by Crippen LogP contribution is -2.37. The van der Waals surface area contributed by atoms with E-state index in [-0.39, 0.29) is 25.2 Å². The summed E-state index contributed by atoms with van der Waals surface area (Å²) < 4.78 is 5.36. The van der Waals surface area contributed by atoms with E-state index in [1.807, 2.05) is 45.9 Å². The summed E-state index contributed by atoms with van der Waals surface area (Å²) in [6.07, 6.45) is -0.506. The summed E-state index contributed by atoms with van der Waals surface area (Å²) in [6.45, 7) is 8.76. The van der Waals surface area contributed by atoms with E-state index in [9.17, 15) is 9.90 Å². The first kappa shape index (κ1) is 18.6. The molecule has 124 valence electrons. The van der Waals surface area contributed by atoms with Gasteiger partial charge in [-0.2, -0.15) is 0 Å². The minimum absolute atomic E-state index is 0.0897. The van der Waals surface area contributed by atoms with Crippen LogP contribution in [0.1, 0.15) is 25.0 Å². The fourth-order valence-electron chi connectivity index (χ4n) is 2.10. The van der Waals surface area contributed by atoms with Gasteiger partial charge in [0.1, 0.15) is 0 Å². The van der Waals surface area contributed by atoms with Crippen LogP contribution in [-0.4, -0.2) is 54.9 Å². The van der Waals surface area contributed by atoms with E-state index in [1.54, 1.807) is 11.9 Å². The highest BCUT2D eigenvalue weighted by Gasteiger charge is 2.13. The largest absolute Gasteiger partial charge is 0.389 e. The van der Waals surface area contributed by atoms with Gasteiger partial charge in [-0.3, -0.25) is 9.69 Å². The molecule has 0 fully saturated rings. The number of hydrogen-bond donors (Lipinski definition) is 2. The lowest BCUT2D eigenvalue weighted by atomic mass is 10.1. The third-order valence-electron chi connectivity index (χ3n) is 3.44. The number of likely N-dealkylation sites (N-methyl/N-ethyl adjacent to an activating group) is 1. The maximum Gasteiger partial charge on any atom is 0.238 e. The molecule has 22 heavy (non-hydrogen) atoms. The molecule has 5 nitrogen and oxygen atoms in total. The van der Waals surface area contributed by atoms with E-state index < -0.39 is 6.10 Å². The average Bonchev–Trinajstić information content (AvgIpc) is 2.41. The molecule has 0 aliphatic rings. The number of carbonyl (C=O) groups excluding carboxylic acids is 1. The van der Waals surface area contributed by atoms with Gasteiger partial charge in [0.2, 0.25) is 5.91 Å². The van der Waals surface area contributed by atoms with Gasteiger partial charge < -0.3 is 15.2 Å². The molecule has 1 aromatic carbocycles. The van der Waals surface area contributed by atoms with E-state index in [2.05, 4.69) is 5.32 Å². The maximum absolute atomic E-state index is 12.1. The van der Waals surface area contributed by atoms with E-state index in [0.717, 1.165) is 16.8 Å². The van der Waals surface area contributed by atoms with Gasteiger partial charge in [-0.1, -0.05) is 12.1 Å². The number of benzene rings is 1. The number of nitrogens with zero attached hydrogens (tertiary/aromatic N) is 1. The fourth-order valence-corrected chi connectivity index (χ4v) is 2.10. The minimum Gasteiger partial charge on any atom is -0.389 e. The molecule has 1 amide bonds. The van der Waals surface area contributed by atoms with Crippen LogP contribution in [-0.2, 0) is 9.53 Å². The van der Waals surface area contributed by atoms with E-state index in [4.69, 9.17) is 4.74 Å². The van der Waals surface area contributed by atoms with Gasteiger partial charge in [-0.15, -0.1) is 0 Å². The molecule has 2 N–H and O–H groups in total. The van der Waals surface area contributed by atoms with Crippen molar-refractivity contribution in [3.8, 4) is 0 Å². The third-order valence-corrected chi connectivity index (χ3v) is 3.44. The number of hydrogen-bond acceptors (Lipinski definition) is 4. The topological polar surface area (TPSA) is 61.8 Å². The predicted molar refractivity (Wildman–Crippen MR) is 89.1 cm³/mol. The number of amides is 1. The Hall–Kier alpha value is -1.43. The SMILES string of the molecule is Cc1cccc(NC(=O)CN(C)CC(O)COC(C)C)c1C. The molecular weight excluding hydrogens is 280 g/mol. The Balaban J connectivity index is 2.42. The lowest BCUT2D eigenvalue weighted by molar-refractivity contribution is -0.117. The maximum atomic E-state index is 12.1. The number of ether oxygens (including phenoxy) is 1. The summed E-state index contributed by atoms with van der Waals surface area (Å²) in [4.78, 5) is 13.9. The van der Waals surface area contributed by atoms with Crippen molar-refractivity contribution in [2.75, 3.05) is 32.1 Å². The number of anilines is 1. The number of aliphatic hydroxyl groups is 1. The lowest BCUT2D eigenvalue weighted by Gasteiger charge is -2.21. The molecule has 0 radical (unpaired) electrons. The second kappa shape index (κ2) is 8.88. The zero-order valence-electron chi connectivity index (χ0n) is 14.2. The summed E-state index contributed by atoms with van der Waals surface area (Å²) in [5, 5.41) is 12.8. The van der Waals surface area contributed by atoms with Crippen LogP contribution in [0.15, 0.2) is 18.2 Å². The molecule has 0 saturated carbocycles. The molecule has 1 aromatic rings. The Morgan fingerprint density at radius 1 is 1.36 bits per heavy atom. The van der Waals surface area contributed by atoms with Crippen LogP contribution in [0.3, 0.4) is 0 Å².